The maximum absolute atomic E-state index is 12.0. The Kier molecular flexibility index (Phi) is 12.0. The van der Waals surface area contributed by atoms with Crippen molar-refractivity contribution in [2.45, 2.75) is 64.5 Å². The topological polar surface area (TPSA) is 64.6 Å². The minimum Gasteiger partial charge on any atom is -0.494 e. The van der Waals surface area contributed by atoms with Gasteiger partial charge in [0.25, 0.3) is 0 Å². The summed E-state index contributed by atoms with van der Waals surface area (Å²) in [6.07, 6.45) is 2.08. The van der Waals surface area contributed by atoms with Crippen molar-refractivity contribution in [2.75, 3.05) is 19.7 Å². The molecule has 1 N–H and O–H groups in total. The molecule has 0 saturated carbocycles. The fraction of sp³-hybridized carbons (Fsp3) is 0.619. The zero-order chi connectivity index (χ0) is 21.5. The highest BCUT2D eigenvalue weighted by Crippen LogP contribution is 2.17. The molecular formula is C21H30F3NO4. The molecular weight excluding hydrogens is 387 g/mol. The number of halogens is 3. The van der Waals surface area contributed by atoms with E-state index in [9.17, 15) is 22.8 Å². The number of ether oxygens (including phenoxy) is 2. The van der Waals surface area contributed by atoms with Crippen LogP contribution in [0.1, 0.15) is 57.4 Å². The Hall–Kier alpha value is -2.09. The largest absolute Gasteiger partial charge is 0.494 e. The van der Waals surface area contributed by atoms with Crippen molar-refractivity contribution in [1.29, 1.82) is 0 Å². The maximum Gasteiger partial charge on any atom is 0.491 e. The Labute approximate surface area is 170 Å². The molecule has 1 aromatic carbocycles. The smallest absolute Gasteiger partial charge is 0.491 e. The normalized spacial score (nSPS) is 11.3. The molecule has 29 heavy (non-hydrogen) atoms. The summed E-state index contributed by atoms with van der Waals surface area (Å²) >= 11 is 0. The second-order valence-electron chi connectivity index (χ2n) is 6.77. The summed E-state index contributed by atoms with van der Waals surface area (Å²) in [6, 6.07) is 7.89. The van der Waals surface area contributed by atoms with E-state index in [-0.39, 0.29) is 13.0 Å². The molecule has 1 rings (SSSR count). The molecule has 0 radical (unpaired) electrons. The van der Waals surface area contributed by atoms with Gasteiger partial charge in [-0.2, -0.15) is 13.2 Å². The van der Waals surface area contributed by atoms with E-state index in [1.54, 1.807) is 0 Å². The van der Waals surface area contributed by atoms with Crippen molar-refractivity contribution in [2.24, 2.45) is 0 Å². The molecule has 8 heteroatoms. The standard InChI is InChI=1S/C21H30F3NO4/c1-2-3-4-5-6-15-28-18-11-7-9-17(16-18)10-8-13-25-14-12-19(26)29-20(27)21(22,23)24/h7,9,11,16,25H,2-6,8,10,12-15H2,1H3. The number of alkyl halides is 3. The van der Waals surface area contributed by atoms with Crippen LogP contribution in [0.25, 0.3) is 0 Å². The van der Waals surface area contributed by atoms with Crippen LogP contribution in [0.5, 0.6) is 5.75 Å². The highest BCUT2D eigenvalue weighted by Gasteiger charge is 2.42. The predicted molar refractivity (Wildman–Crippen MR) is 104 cm³/mol. The van der Waals surface area contributed by atoms with Gasteiger partial charge >= 0.3 is 18.1 Å². The van der Waals surface area contributed by atoms with Gasteiger partial charge in [-0.3, -0.25) is 4.79 Å². The third kappa shape index (κ3) is 12.2. The van der Waals surface area contributed by atoms with E-state index in [0.29, 0.717) is 13.2 Å². The quantitative estimate of drug-likeness (QED) is 0.273. The first-order valence-electron chi connectivity index (χ1n) is 10.1. The molecule has 0 aliphatic carbocycles. The summed E-state index contributed by atoms with van der Waals surface area (Å²) in [6.45, 7) is 3.63. The van der Waals surface area contributed by atoms with Crippen molar-refractivity contribution >= 4 is 11.9 Å². The van der Waals surface area contributed by atoms with Gasteiger partial charge in [-0.05, 0) is 43.5 Å². The van der Waals surface area contributed by atoms with Crippen LogP contribution in [0.4, 0.5) is 13.2 Å². The lowest BCUT2D eigenvalue weighted by atomic mass is 10.1. The molecule has 0 unspecified atom stereocenters. The Balaban J connectivity index is 2.14. The second-order valence-corrected chi connectivity index (χ2v) is 6.77. The van der Waals surface area contributed by atoms with E-state index in [1.807, 2.05) is 24.3 Å². The number of hydrogen-bond donors (Lipinski definition) is 1. The van der Waals surface area contributed by atoms with Crippen molar-refractivity contribution in [1.82, 2.24) is 5.32 Å². The van der Waals surface area contributed by atoms with Gasteiger partial charge in [0.05, 0.1) is 13.0 Å². The molecule has 0 saturated heterocycles. The number of hydrogen-bond acceptors (Lipinski definition) is 5. The Morgan fingerprint density at radius 3 is 2.52 bits per heavy atom. The molecule has 0 bridgehead atoms. The molecule has 0 atom stereocenters. The van der Waals surface area contributed by atoms with Crippen LogP contribution < -0.4 is 10.1 Å². The van der Waals surface area contributed by atoms with Gasteiger partial charge in [-0.25, -0.2) is 4.79 Å². The molecule has 0 aromatic heterocycles. The molecule has 0 amide bonds. The van der Waals surface area contributed by atoms with Crippen LogP contribution in [-0.4, -0.2) is 37.8 Å². The van der Waals surface area contributed by atoms with Gasteiger partial charge in [0.2, 0.25) is 0 Å². The van der Waals surface area contributed by atoms with Crippen molar-refractivity contribution in [3.63, 3.8) is 0 Å². The first-order valence-corrected chi connectivity index (χ1v) is 10.1. The molecule has 5 nitrogen and oxygen atoms in total. The average molecular weight is 417 g/mol. The van der Waals surface area contributed by atoms with Gasteiger partial charge in [-0.1, -0.05) is 44.7 Å². The molecule has 0 spiro atoms. The summed E-state index contributed by atoms with van der Waals surface area (Å²) in [7, 11) is 0. The van der Waals surface area contributed by atoms with Gasteiger partial charge in [0, 0.05) is 6.54 Å². The van der Waals surface area contributed by atoms with Crippen LogP contribution in [-0.2, 0) is 20.7 Å². The number of aryl methyl sites for hydroxylation is 1. The van der Waals surface area contributed by atoms with Crippen molar-refractivity contribution < 1.29 is 32.2 Å². The Morgan fingerprint density at radius 1 is 1.03 bits per heavy atom. The lowest BCUT2D eigenvalue weighted by molar-refractivity contribution is -0.201. The number of esters is 2. The first kappa shape index (κ1) is 24.9. The Morgan fingerprint density at radius 2 is 1.79 bits per heavy atom. The van der Waals surface area contributed by atoms with E-state index >= 15 is 0 Å². The zero-order valence-corrected chi connectivity index (χ0v) is 16.9. The summed E-state index contributed by atoms with van der Waals surface area (Å²) in [5.41, 5.74) is 1.13. The SMILES string of the molecule is CCCCCCCOc1cccc(CCCNCCC(=O)OC(=O)C(F)(F)F)c1. The highest BCUT2D eigenvalue weighted by molar-refractivity contribution is 5.88. The molecule has 164 valence electrons. The maximum atomic E-state index is 12.0. The van der Waals surface area contributed by atoms with Gasteiger partial charge in [0.15, 0.2) is 0 Å². The number of carbonyl (C=O) groups excluding carboxylic acids is 2. The summed E-state index contributed by atoms with van der Waals surface area (Å²) in [5.74, 6) is -2.83. The number of benzene rings is 1. The van der Waals surface area contributed by atoms with E-state index in [4.69, 9.17) is 4.74 Å². The van der Waals surface area contributed by atoms with Crippen LogP contribution >= 0.6 is 0 Å². The minimum atomic E-state index is -5.16. The second kappa shape index (κ2) is 14.0. The van der Waals surface area contributed by atoms with E-state index in [0.717, 1.165) is 30.6 Å². The fourth-order valence-corrected chi connectivity index (χ4v) is 2.63. The van der Waals surface area contributed by atoms with Crippen LogP contribution in [0.3, 0.4) is 0 Å². The van der Waals surface area contributed by atoms with Crippen molar-refractivity contribution in [3.05, 3.63) is 29.8 Å². The number of nitrogens with one attached hydrogen (secondary N) is 1. The summed E-state index contributed by atoms with van der Waals surface area (Å²) in [5, 5.41) is 2.95. The van der Waals surface area contributed by atoms with E-state index < -0.39 is 18.1 Å². The fourth-order valence-electron chi connectivity index (χ4n) is 2.63. The van der Waals surface area contributed by atoms with Gasteiger partial charge in [0.1, 0.15) is 5.75 Å². The Bertz CT molecular complexity index is 620. The first-order chi connectivity index (χ1) is 13.8. The summed E-state index contributed by atoms with van der Waals surface area (Å²) in [4.78, 5) is 21.7. The zero-order valence-electron chi connectivity index (χ0n) is 16.9. The molecule has 1 aromatic rings. The van der Waals surface area contributed by atoms with Crippen LogP contribution in [0, 0.1) is 0 Å². The number of carbonyl (C=O) groups is 2. The molecule has 0 aliphatic heterocycles. The molecule has 0 aliphatic rings. The third-order valence-electron chi connectivity index (χ3n) is 4.18. The predicted octanol–water partition coefficient (Wildman–Crippen LogP) is 4.58. The number of rotatable bonds is 14. The molecule has 0 heterocycles. The molecule has 0 fully saturated rings. The average Bonchev–Trinajstić information content (AvgIpc) is 2.67. The van der Waals surface area contributed by atoms with Gasteiger partial charge < -0.3 is 14.8 Å². The lowest BCUT2D eigenvalue weighted by Gasteiger charge is -2.09. The van der Waals surface area contributed by atoms with E-state index in [1.165, 1.54) is 25.7 Å². The van der Waals surface area contributed by atoms with Crippen molar-refractivity contribution in [3.8, 4) is 5.75 Å². The van der Waals surface area contributed by atoms with Gasteiger partial charge in [-0.15, -0.1) is 0 Å². The highest BCUT2D eigenvalue weighted by atomic mass is 19.4. The van der Waals surface area contributed by atoms with E-state index in [2.05, 4.69) is 17.0 Å². The third-order valence-corrected chi connectivity index (χ3v) is 4.18. The van der Waals surface area contributed by atoms with Crippen LogP contribution in [0.15, 0.2) is 24.3 Å². The minimum absolute atomic E-state index is 0.144. The lowest BCUT2D eigenvalue weighted by Crippen LogP contribution is -2.29. The van der Waals surface area contributed by atoms with Crippen LogP contribution in [0.2, 0.25) is 0 Å². The number of unbranched alkanes of at least 4 members (excludes halogenated alkanes) is 4. The monoisotopic (exact) mass is 417 g/mol. The summed E-state index contributed by atoms with van der Waals surface area (Å²) < 4.78 is 45.4.